The lowest BCUT2D eigenvalue weighted by Gasteiger charge is -2.07. The molecule has 0 aliphatic rings. The molecule has 2 aromatic rings. The molecule has 18 heavy (non-hydrogen) atoms. The Morgan fingerprint density at radius 1 is 1.28 bits per heavy atom. The highest BCUT2D eigenvalue weighted by Crippen LogP contribution is 2.21. The van der Waals surface area contributed by atoms with Crippen molar-refractivity contribution in [2.75, 3.05) is 0 Å². The monoisotopic (exact) mass is 396 g/mol. The van der Waals surface area contributed by atoms with Gasteiger partial charge in [0.05, 0.1) is 10.1 Å². The fraction of sp³-hybridized carbons (Fsp3) is 0.0909. The summed E-state index contributed by atoms with van der Waals surface area (Å²) in [6, 6.07) is 5.06. The molecule has 7 heteroatoms. The van der Waals surface area contributed by atoms with E-state index in [1.165, 1.54) is 10.8 Å². The molecular formula is C11H7Cl2IN2O2. The number of halogens is 3. The smallest absolute Gasteiger partial charge is 0.295 e. The standard InChI is InChI=1S/C11H7Cl2IN2O2/c12-7-2-1-6(8(13)3-7)4-16-5-9(14)10(17)15-11(16)18/h1-3,5H,4H2,(H,15,17,18). The van der Waals surface area contributed by atoms with Gasteiger partial charge in [0.15, 0.2) is 0 Å². The summed E-state index contributed by atoms with van der Waals surface area (Å²) in [5.74, 6) is 0. The maximum atomic E-state index is 11.6. The van der Waals surface area contributed by atoms with Crippen LogP contribution < -0.4 is 11.2 Å². The van der Waals surface area contributed by atoms with E-state index < -0.39 is 5.69 Å². The molecule has 0 saturated heterocycles. The van der Waals surface area contributed by atoms with Crippen molar-refractivity contribution in [3.05, 3.63) is 64.4 Å². The highest BCUT2D eigenvalue weighted by Gasteiger charge is 2.06. The van der Waals surface area contributed by atoms with Gasteiger partial charge in [0.2, 0.25) is 0 Å². The Kier molecular flexibility index (Phi) is 4.14. The summed E-state index contributed by atoms with van der Waals surface area (Å²) < 4.78 is 1.83. The van der Waals surface area contributed by atoms with Crippen LogP contribution in [0.5, 0.6) is 0 Å². The molecule has 0 aliphatic heterocycles. The van der Waals surface area contributed by atoms with Crippen molar-refractivity contribution >= 4 is 45.8 Å². The van der Waals surface area contributed by atoms with Gasteiger partial charge in [-0.25, -0.2) is 4.79 Å². The third-order valence-electron chi connectivity index (χ3n) is 2.32. The Labute approximate surface area is 126 Å². The molecule has 0 spiro atoms. The van der Waals surface area contributed by atoms with Gasteiger partial charge < -0.3 is 0 Å². The van der Waals surface area contributed by atoms with Gasteiger partial charge in [0.1, 0.15) is 0 Å². The second kappa shape index (κ2) is 5.46. The highest BCUT2D eigenvalue weighted by atomic mass is 127. The first-order valence-corrected chi connectivity index (χ1v) is 6.74. The van der Waals surface area contributed by atoms with Crippen LogP contribution in [0.25, 0.3) is 0 Å². The van der Waals surface area contributed by atoms with E-state index in [0.29, 0.717) is 13.6 Å². The molecule has 94 valence electrons. The quantitative estimate of drug-likeness (QED) is 0.793. The molecular weight excluding hydrogens is 390 g/mol. The predicted molar refractivity (Wildman–Crippen MR) is 79.6 cm³/mol. The van der Waals surface area contributed by atoms with E-state index in [9.17, 15) is 9.59 Å². The molecule has 1 N–H and O–H groups in total. The van der Waals surface area contributed by atoms with Crippen LogP contribution >= 0.6 is 45.8 Å². The summed E-state index contributed by atoms with van der Waals surface area (Å²) >= 11 is 13.7. The first kappa shape index (κ1) is 13.6. The normalized spacial score (nSPS) is 10.6. The van der Waals surface area contributed by atoms with Gasteiger partial charge in [0.25, 0.3) is 5.56 Å². The number of hydrogen-bond acceptors (Lipinski definition) is 2. The van der Waals surface area contributed by atoms with Crippen LogP contribution in [0.15, 0.2) is 34.0 Å². The Morgan fingerprint density at radius 3 is 2.67 bits per heavy atom. The van der Waals surface area contributed by atoms with Crippen molar-refractivity contribution in [3.63, 3.8) is 0 Å². The molecule has 0 radical (unpaired) electrons. The van der Waals surface area contributed by atoms with E-state index in [2.05, 4.69) is 4.98 Å². The number of H-pyrrole nitrogens is 1. The molecule has 0 amide bonds. The summed E-state index contributed by atoms with van der Waals surface area (Å²) in [4.78, 5) is 25.1. The van der Waals surface area contributed by atoms with Crippen LogP contribution in [-0.2, 0) is 6.54 Å². The van der Waals surface area contributed by atoms with E-state index in [1.54, 1.807) is 18.2 Å². The van der Waals surface area contributed by atoms with E-state index in [4.69, 9.17) is 23.2 Å². The van der Waals surface area contributed by atoms with Crippen molar-refractivity contribution in [1.29, 1.82) is 0 Å². The Hall–Kier alpha value is -0.790. The number of hydrogen-bond donors (Lipinski definition) is 1. The van der Waals surface area contributed by atoms with Gasteiger partial charge >= 0.3 is 5.69 Å². The lowest BCUT2D eigenvalue weighted by Crippen LogP contribution is -2.31. The summed E-state index contributed by atoms with van der Waals surface area (Å²) in [5.41, 5.74) is -0.100. The van der Waals surface area contributed by atoms with Crippen molar-refractivity contribution in [1.82, 2.24) is 9.55 Å². The van der Waals surface area contributed by atoms with Gasteiger partial charge in [-0.2, -0.15) is 0 Å². The first-order valence-electron chi connectivity index (χ1n) is 4.90. The number of nitrogens with one attached hydrogen (secondary N) is 1. The Morgan fingerprint density at radius 2 is 2.00 bits per heavy atom. The molecule has 1 aromatic carbocycles. The maximum absolute atomic E-state index is 11.6. The second-order valence-corrected chi connectivity index (χ2v) is 5.61. The van der Waals surface area contributed by atoms with Crippen molar-refractivity contribution < 1.29 is 0 Å². The topological polar surface area (TPSA) is 54.9 Å². The van der Waals surface area contributed by atoms with Crippen LogP contribution in [0.3, 0.4) is 0 Å². The predicted octanol–water partition coefficient (Wildman–Crippen LogP) is 2.50. The maximum Gasteiger partial charge on any atom is 0.328 e. The fourth-order valence-electron chi connectivity index (χ4n) is 1.43. The molecule has 2 rings (SSSR count). The van der Waals surface area contributed by atoms with Gasteiger partial charge in [-0.15, -0.1) is 0 Å². The van der Waals surface area contributed by atoms with Crippen molar-refractivity contribution in [2.24, 2.45) is 0 Å². The van der Waals surface area contributed by atoms with Crippen molar-refractivity contribution in [2.45, 2.75) is 6.54 Å². The van der Waals surface area contributed by atoms with Crippen molar-refractivity contribution in [3.8, 4) is 0 Å². The lowest BCUT2D eigenvalue weighted by molar-refractivity contribution is 0.715. The van der Waals surface area contributed by atoms with E-state index >= 15 is 0 Å². The van der Waals surface area contributed by atoms with E-state index in [1.807, 2.05) is 22.6 Å². The van der Waals surface area contributed by atoms with E-state index in [-0.39, 0.29) is 12.1 Å². The number of rotatable bonds is 2. The van der Waals surface area contributed by atoms with Crippen LogP contribution in [0.4, 0.5) is 0 Å². The SMILES string of the molecule is O=c1[nH]c(=O)n(Cc2ccc(Cl)cc2Cl)cc1I. The second-order valence-electron chi connectivity index (χ2n) is 3.60. The molecule has 0 atom stereocenters. The molecule has 0 fully saturated rings. The highest BCUT2D eigenvalue weighted by molar-refractivity contribution is 14.1. The first-order chi connectivity index (χ1) is 8.47. The Balaban J connectivity index is 2.43. The molecule has 0 aliphatic carbocycles. The molecule has 0 unspecified atom stereocenters. The van der Waals surface area contributed by atoms with E-state index in [0.717, 1.165) is 5.56 Å². The largest absolute Gasteiger partial charge is 0.328 e. The van der Waals surface area contributed by atoms with Crippen LogP contribution in [0, 0.1) is 3.57 Å². The third-order valence-corrected chi connectivity index (χ3v) is 3.68. The number of aromatic amines is 1. The van der Waals surface area contributed by atoms with Gasteiger partial charge in [-0.05, 0) is 40.3 Å². The molecule has 1 heterocycles. The zero-order valence-electron chi connectivity index (χ0n) is 8.91. The summed E-state index contributed by atoms with van der Waals surface area (Å²) in [6.45, 7) is 0.279. The minimum atomic E-state index is -0.466. The summed E-state index contributed by atoms with van der Waals surface area (Å²) in [7, 11) is 0. The van der Waals surface area contributed by atoms with Crippen LogP contribution in [0.2, 0.25) is 10.0 Å². The zero-order chi connectivity index (χ0) is 13.3. The average molecular weight is 397 g/mol. The molecule has 4 nitrogen and oxygen atoms in total. The summed E-state index contributed by atoms with van der Waals surface area (Å²) in [5, 5.41) is 1.02. The fourth-order valence-corrected chi connectivity index (χ4v) is 2.37. The molecule has 0 saturated carbocycles. The average Bonchev–Trinajstić information content (AvgIpc) is 2.29. The lowest BCUT2D eigenvalue weighted by atomic mass is 10.2. The molecule has 1 aromatic heterocycles. The van der Waals surface area contributed by atoms with Gasteiger partial charge in [-0.1, -0.05) is 29.3 Å². The molecule has 0 bridgehead atoms. The minimum Gasteiger partial charge on any atom is -0.295 e. The Bertz CT molecular complexity index is 709. The number of nitrogens with zero attached hydrogens (tertiary/aromatic N) is 1. The van der Waals surface area contributed by atoms with Crippen LogP contribution in [-0.4, -0.2) is 9.55 Å². The minimum absolute atomic E-state index is 0.279. The van der Waals surface area contributed by atoms with Crippen LogP contribution in [0.1, 0.15) is 5.56 Å². The number of aromatic nitrogens is 2. The number of benzene rings is 1. The van der Waals surface area contributed by atoms with Gasteiger partial charge in [-0.3, -0.25) is 14.3 Å². The zero-order valence-corrected chi connectivity index (χ0v) is 12.6. The summed E-state index contributed by atoms with van der Waals surface area (Å²) in [6.07, 6.45) is 1.49. The van der Waals surface area contributed by atoms with Gasteiger partial charge in [0, 0.05) is 16.2 Å². The third kappa shape index (κ3) is 2.96.